The molecule has 0 saturated heterocycles. The smallest absolute Gasteiger partial charge is 0.154 e. The van der Waals surface area contributed by atoms with Crippen molar-refractivity contribution < 1.29 is 13.2 Å². The summed E-state index contributed by atoms with van der Waals surface area (Å²) in [6.45, 7) is 2.72. The lowest BCUT2D eigenvalue weighted by atomic mass is 10.2. The van der Waals surface area contributed by atoms with Gasteiger partial charge in [0.1, 0.15) is 0 Å². The molecule has 0 radical (unpaired) electrons. The van der Waals surface area contributed by atoms with Gasteiger partial charge in [0, 0.05) is 18.2 Å². The summed E-state index contributed by atoms with van der Waals surface area (Å²) in [6.07, 6.45) is 0.211. The van der Waals surface area contributed by atoms with Crippen molar-refractivity contribution in [3.63, 3.8) is 0 Å². The maximum atomic E-state index is 12.0. The molecule has 0 heterocycles. The molecule has 0 aliphatic heterocycles. The van der Waals surface area contributed by atoms with Crippen molar-refractivity contribution in [3.05, 3.63) is 34.9 Å². The Kier molecular flexibility index (Phi) is 6.79. The average molecular weight is 306 g/mol. The Bertz CT molecular complexity index is 490. The first-order chi connectivity index (χ1) is 8.98. The van der Waals surface area contributed by atoms with Gasteiger partial charge in [0.2, 0.25) is 0 Å². The van der Waals surface area contributed by atoms with Gasteiger partial charge >= 0.3 is 0 Å². The van der Waals surface area contributed by atoms with Crippen molar-refractivity contribution in [3.8, 4) is 0 Å². The van der Waals surface area contributed by atoms with Crippen LogP contribution in [-0.2, 0) is 20.3 Å². The van der Waals surface area contributed by atoms with Crippen LogP contribution in [0.15, 0.2) is 24.3 Å². The number of ether oxygens (including phenoxy) is 1. The first-order valence-electron chi connectivity index (χ1n) is 6.24. The molecule has 1 aromatic rings. The highest BCUT2D eigenvalue weighted by Crippen LogP contribution is 2.18. The molecule has 0 fully saturated rings. The fourth-order valence-electron chi connectivity index (χ4n) is 1.74. The van der Waals surface area contributed by atoms with Gasteiger partial charge in [-0.2, -0.15) is 0 Å². The Hall–Kier alpha value is -0.620. The molecule has 0 bridgehead atoms. The maximum absolute atomic E-state index is 12.0. The number of nitrogens with two attached hydrogens (primary N) is 1. The first kappa shape index (κ1) is 16.4. The molecule has 0 spiro atoms. The van der Waals surface area contributed by atoms with Crippen LogP contribution in [0.3, 0.4) is 0 Å². The minimum atomic E-state index is -3.20. The third kappa shape index (κ3) is 5.91. The fraction of sp³-hybridized carbons (Fsp3) is 0.538. The summed E-state index contributed by atoms with van der Waals surface area (Å²) in [6, 6.07) is 6.97. The van der Waals surface area contributed by atoms with Crippen LogP contribution in [0, 0.1) is 0 Å². The Labute approximate surface area is 119 Å². The van der Waals surface area contributed by atoms with E-state index >= 15 is 0 Å². The van der Waals surface area contributed by atoms with Gasteiger partial charge < -0.3 is 10.5 Å². The third-order valence-electron chi connectivity index (χ3n) is 2.75. The number of rotatable bonds is 8. The molecule has 0 aliphatic rings. The van der Waals surface area contributed by atoms with Gasteiger partial charge in [0.05, 0.1) is 17.6 Å². The Morgan fingerprint density at radius 3 is 2.63 bits per heavy atom. The highest BCUT2D eigenvalue weighted by Gasteiger charge is 2.17. The number of benzene rings is 1. The monoisotopic (exact) mass is 305 g/mol. The molecule has 1 rings (SSSR count). The summed E-state index contributed by atoms with van der Waals surface area (Å²) in [5, 5.41) is 0.478. The van der Waals surface area contributed by atoms with E-state index in [4.69, 9.17) is 22.1 Å². The molecule has 4 nitrogen and oxygen atoms in total. The van der Waals surface area contributed by atoms with Crippen molar-refractivity contribution in [2.75, 3.05) is 18.9 Å². The summed E-state index contributed by atoms with van der Waals surface area (Å²) in [7, 11) is -3.20. The molecule has 2 N–H and O–H groups in total. The largest absolute Gasteiger partial charge is 0.377 e. The Morgan fingerprint density at radius 1 is 1.37 bits per heavy atom. The summed E-state index contributed by atoms with van der Waals surface area (Å²) in [5.41, 5.74) is 6.15. The van der Waals surface area contributed by atoms with E-state index < -0.39 is 9.84 Å². The van der Waals surface area contributed by atoms with Crippen LogP contribution in [0.2, 0.25) is 5.02 Å². The number of sulfone groups is 1. The summed E-state index contributed by atoms with van der Waals surface area (Å²) in [5.74, 6) is 0.0101. The predicted octanol–water partition coefficient (Wildman–Crippen LogP) is 2.01. The van der Waals surface area contributed by atoms with E-state index in [0.717, 1.165) is 0 Å². The summed E-state index contributed by atoms with van der Waals surface area (Å²) in [4.78, 5) is 0. The lowest BCUT2D eigenvalue weighted by Crippen LogP contribution is -2.27. The van der Waals surface area contributed by atoms with Gasteiger partial charge in [-0.1, -0.05) is 29.8 Å². The third-order valence-corrected chi connectivity index (χ3v) is 4.73. The summed E-state index contributed by atoms with van der Waals surface area (Å²) >= 11 is 5.96. The molecule has 6 heteroatoms. The highest BCUT2D eigenvalue weighted by atomic mass is 35.5. The lowest BCUT2D eigenvalue weighted by Gasteiger charge is -2.14. The van der Waals surface area contributed by atoms with Gasteiger partial charge in [-0.25, -0.2) is 8.42 Å². The van der Waals surface area contributed by atoms with Crippen LogP contribution < -0.4 is 5.73 Å². The summed E-state index contributed by atoms with van der Waals surface area (Å²) < 4.78 is 29.4. The minimum absolute atomic E-state index is 0.0455. The van der Waals surface area contributed by atoms with Gasteiger partial charge in [-0.3, -0.25) is 0 Å². The van der Waals surface area contributed by atoms with Crippen molar-refractivity contribution in [2.45, 2.75) is 25.2 Å². The zero-order valence-corrected chi connectivity index (χ0v) is 12.6. The van der Waals surface area contributed by atoms with Crippen LogP contribution in [0.1, 0.15) is 18.9 Å². The molecule has 108 valence electrons. The molecule has 1 aromatic carbocycles. The maximum Gasteiger partial charge on any atom is 0.154 e. The van der Waals surface area contributed by atoms with Crippen LogP contribution in [0.5, 0.6) is 0 Å². The molecule has 0 amide bonds. The van der Waals surface area contributed by atoms with E-state index in [-0.39, 0.29) is 17.6 Å². The van der Waals surface area contributed by atoms with Crippen LogP contribution in [0.4, 0.5) is 0 Å². The van der Waals surface area contributed by atoms with Crippen molar-refractivity contribution in [2.24, 2.45) is 5.73 Å². The second-order valence-electron chi connectivity index (χ2n) is 4.29. The molecule has 1 atom stereocenters. The van der Waals surface area contributed by atoms with Gasteiger partial charge in [-0.05, 0) is 25.0 Å². The van der Waals surface area contributed by atoms with Gasteiger partial charge in [0.25, 0.3) is 0 Å². The Balaban J connectivity index is 2.60. The fourth-order valence-corrected chi connectivity index (χ4v) is 3.51. The van der Waals surface area contributed by atoms with Crippen molar-refractivity contribution in [1.82, 2.24) is 0 Å². The quantitative estimate of drug-likeness (QED) is 0.797. The topological polar surface area (TPSA) is 69.4 Å². The molecule has 0 aliphatic carbocycles. The van der Waals surface area contributed by atoms with E-state index in [1.807, 2.05) is 6.92 Å². The molecular formula is C13H20ClNO3S. The molecule has 1 unspecified atom stereocenters. The normalized spacial score (nSPS) is 13.4. The number of hydrogen-bond donors (Lipinski definition) is 1. The van der Waals surface area contributed by atoms with E-state index in [2.05, 4.69) is 0 Å². The van der Waals surface area contributed by atoms with Crippen molar-refractivity contribution in [1.29, 1.82) is 0 Å². The molecular weight excluding hydrogens is 286 g/mol. The first-order valence-corrected chi connectivity index (χ1v) is 8.44. The minimum Gasteiger partial charge on any atom is -0.377 e. The lowest BCUT2D eigenvalue weighted by molar-refractivity contribution is 0.0671. The van der Waals surface area contributed by atoms with E-state index in [0.29, 0.717) is 30.2 Å². The van der Waals surface area contributed by atoms with Gasteiger partial charge in [0.15, 0.2) is 9.84 Å². The number of halogens is 1. The van der Waals surface area contributed by atoms with Crippen LogP contribution in [0.25, 0.3) is 0 Å². The van der Waals surface area contributed by atoms with E-state index in [9.17, 15) is 8.42 Å². The molecule has 0 saturated carbocycles. The predicted molar refractivity (Wildman–Crippen MR) is 78.0 cm³/mol. The highest BCUT2D eigenvalue weighted by molar-refractivity contribution is 7.90. The second-order valence-corrected chi connectivity index (χ2v) is 6.88. The average Bonchev–Trinajstić information content (AvgIpc) is 2.37. The van der Waals surface area contributed by atoms with E-state index in [1.165, 1.54) is 0 Å². The van der Waals surface area contributed by atoms with Gasteiger partial charge in [-0.15, -0.1) is 0 Å². The Morgan fingerprint density at radius 2 is 2.05 bits per heavy atom. The van der Waals surface area contributed by atoms with Crippen LogP contribution in [-0.4, -0.2) is 33.4 Å². The second kappa shape index (κ2) is 7.85. The number of hydrogen-bond acceptors (Lipinski definition) is 4. The SMILES string of the molecule is CCOC(CN)CCS(=O)(=O)Cc1ccccc1Cl. The van der Waals surface area contributed by atoms with Crippen molar-refractivity contribution >= 4 is 21.4 Å². The molecule has 19 heavy (non-hydrogen) atoms. The molecule has 0 aromatic heterocycles. The zero-order valence-electron chi connectivity index (χ0n) is 11.0. The van der Waals surface area contributed by atoms with Crippen LogP contribution >= 0.6 is 11.6 Å². The standard InChI is InChI=1S/C13H20ClNO3S/c1-2-18-12(9-15)7-8-19(16,17)10-11-5-3-4-6-13(11)14/h3-6,12H,2,7-10,15H2,1H3. The van der Waals surface area contributed by atoms with E-state index in [1.54, 1.807) is 24.3 Å². The zero-order chi connectivity index (χ0) is 14.3.